The maximum atomic E-state index is 12.2. The first kappa shape index (κ1) is 21.0. The fraction of sp³-hybridized carbons (Fsp3) is 0.273. The Kier molecular flexibility index (Phi) is 7.63. The Morgan fingerprint density at radius 2 is 1.61 bits per heavy atom. The van der Waals surface area contributed by atoms with Gasteiger partial charge in [0.25, 0.3) is 0 Å². The van der Waals surface area contributed by atoms with Gasteiger partial charge >= 0.3 is 0 Å². The molecule has 0 spiro atoms. The summed E-state index contributed by atoms with van der Waals surface area (Å²) in [5, 5.41) is 8.71. The van der Waals surface area contributed by atoms with Gasteiger partial charge in [0.2, 0.25) is 11.8 Å². The van der Waals surface area contributed by atoms with Crippen LogP contribution in [-0.4, -0.2) is 25.0 Å². The van der Waals surface area contributed by atoms with Crippen molar-refractivity contribution >= 4 is 28.9 Å². The molecule has 0 atom stereocenters. The lowest BCUT2D eigenvalue weighted by Gasteiger charge is -2.13. The molecule has 2 aromatic carbocycles. The minimum absolute atomic E-state index is 0.0477. The second-order valence-corrected chi connectivity index (χ2v) is 6.86. The first-order valence-electron chi connectivity index (χ1n) is 9.16. The van der Waals surface area contributed by atoms with E-state index < -0.39 is 0 Å². The van der Waals surface area contributed by atoms with Crippen molar-refractivity contribution in [3.05, 3.63) is 60.7 Å². The summed E-state index contributed by atoms with van der Waals surface area (Å²) in [5.41, 5.74) is 3.01. The molecule has 0 saturated carbocycles. The number of amides is 2. The van der Waals surface area contributed by atoms with Crippen LogP contribution in [0.15, 0.2) is 60.7 Å². The monoisotopic (exact) mass is 381 g/mol. The number of hydrogen-bond acceptors (Lipinski definition) is 4. The van der Waals surface area contributed by atoms with Crippen LogP contribution in [0.1, 0.15) is 20.8 Å². The van der Waals surface area contributed by atoms with E-state index >= 15 is 0 Å². The van der Waals surface area contributed by atoms with Gasteiger partial charge in [0.1, 0.15) is 12.4 Å². The minimum atomic E-state index is -0.186. The number of carbonyl (C=O) groups is 2. The molecular formula is C22H27N3O3. The Morgan fingerprint density at radius 3 is 2.21 bits per heavy atom. The van der Waals surface area contributed by atoms with Gasteiger partial charge < -0.3 is 20.7 Å². The summed E-state index contributed by atoms with van der Waals surface area (Å²) in [5.74, 6) is 0.346. The quantitative estimate of drug-likeness (QED) is 0.566. The van der Waals surface area contributed by atoms with Crippen molar-refractivity contribution in [1.29, 1.82) is 0 Å². The molecule has 3 N–H and O–H groups in total. The van der Waals surface area contributed by atoms with E-state index in [1.165, 1.54) is 0 Å². The molecule has 0 radical (unpaired) electrons. The van der Waals surface area contributed by atoms with E-state index in [-0.39, 0.29) is 24.3 Å². The molecule has 0 bridgehead atoms. The summed E-state index contributed by atoms with van der Waals surface area (Å²) in [6, 6.07) is 14.4. The first-order chi connectivity index (χ1) is 13.3. The highest BCUT2D eigenvalue weighted by Crippen LogP contribution is 2.24. The van der Waals surface area contributed by atoms with E-state index in [0.717, 1.165) is 11.3 Å². The number of carbonyl (C=O) groups excluding carboxylic acids is 2. The second-order valence-electron chi connectivity index (χ2n) is 6.86. The summed E-state index contributed by atoms with van der Waals surface area (Å²) in [7, 11) is 0. The highest BCUT2D eigenvalue weighted by molar-refractivity contribution is 5.95. The molecule has 0 aliphatic carbocycles. The molecule has 0 aliphatic heterocycles. The molecule has 0 heterocycles. The zero-order chi connectivity index (χ0) is 20.5. The smallest absolute Gasteiger partial charge is 0.243 e. The van der Waals surface area contributed by atoms with Crippen molar-refractivity contribution in [3.63, 3.8) is 0 Å². The second kappa shape index (κ2) is 10.2. The van der Waals surface area contributed by atoms with Gasteiger partial charge in [0, 0.05) is 17.3 Å². The van der Waals surface area contributed by atoms with E-state index in [0.29, 0.717) is 23.7 Å². The predicted molar refractivity (Wildman–Crippen MR) is 114 cm³/mol. The van der Waals surface area contributed by atoms with Crippen molar-refractivity contribution in [1.82, 2.24) is 0 Å². The van der Waals surface area contributed by atoms with Gasteiger partial charge in [0.15, 0.2) is 0 Å². The van der Waals surface area contributed by atoms with Gasteiger partial charge in [-0.05, 0) is 48.9 Å². The van der Waals surface area contributed by atoms with Crippen LogP contribution in [0.25, 0.3) is 0 Å². The summed E-state index contributed by atoms with van der Waals surface area (Å²) < 4.78 is 5.68. The summed E-state index contributed by atoms with van der Waals surface area (Å²) in [4.78, 5) is 23.9. The van der Waals surface area contributed by atoms with E-state index in [1.54, 1.807) is 24.3 Å². The lowest BCUT2D eigenvalue weighted by atomic mass is 10.2. The van der Waals surface area contributed by atoms with E-state index in [2.05, 4.69) is 22.5 Å². The van der Waals surface area contributed by atoms with Crippen LogP contribution in [0.3, 0.4) is 0 Å². The Balaban J connectivity index is 1.88. The van der Waals surface area contributed by atoms with Crippen molar-refractivity contribution in [2.75, 3.05) is 29.1 Å². The number of benzene rings is 2. The fourth-order valence-electron chi connectivity index (χ4n) is 2.24. The molecule has 28 heavy (non-hydrogen) atoms. The molecule has 2 aromatic rings. The van der Waals surface area contributed by atoms with Crippen LogP contribution in [-0.2, 0) is 9.59 Å². The van der Waals surface area contributed by atoms with Crippen molar-refractivity contribution < 1.29 is 14.3 Å². The van der Waals surface area contributed by atoms with Gasteiger partial charge in [-0.3, -0.25) is 9.59 Å². The Labute approximate surface area is 166 Å². The van der Waals surface area contributed by atoms with Crippen LogP contribution in [0.2, 0.25) is 0 Å². The molecular weight excluding hydrogens is 354 g/mol. The number of rotatable bonds is 9. The molecule has 0 saturated heterocycles. The third kappa shape index (κ3) is 6.79. The third-order valence-electron chi connectivity index (χ3n) is 3.76. The van der Waals surface area contributed by atoms with Crippen LogP contribution in [0.5, 0.6) is 5.75 Å². The number of anilines is 3. The molecule has 2 amide bonds. The lowest BCUT2D eigenvalue weighted by Crippen LogP contribution is -2.22. The molecule has 0 fully saturated rings. The van der Waals surface area contributed by atoms with Crippen LogP contribution >= 0.6 is 0 Å². The predicted octanol–water partition coefficient (Wildman–Crippen LogP) is 4.29. The minimum Gasteiger partial charge on any atom is -0.487 e. The average Bonchev–Trinajstić information content (AvgIpc) is 2.66. The van der Waals surface area contributed by atoms with Gasteiger partial charge in [-0.25, -0.2) is 0 Å². The molecule has 2 rings (SSSR count). The highest BCUT2D eigenvalue weighted by Gasteiger charge is 2.08. The number of hydrogen-bond donors (Lipinski definition) is 3. The molecule has 0 aliphatic rings. The van der Waals surface area contributed by atoms with Gasteiger partial charge in [-0.1, -0.05) is 32.6 Å². The normalized spacial score (nSPS) is 10.3. The number of nitrogens with one attached hydrogen (secondary N) is 3. The lowest BCUT2D eigenvalue weighted by molar-refractivity contribution is -0.119. The van der Waals surface area contributed by atoms with E-state index in [4.69, 9.17) is 4.74 Å². The summed E-state index contributed by atoms with van der Waals surface area (Å²) in [6.07, 6.45) is 0. The average molecular weight is 381 g/mol. The SMILES string of the molecule is C=C(C)COc1ccccc1NCC(=O)Nc1ccc(NC(=O)C(C)C)cc1. The van der Waals surface area contributed by atoms with Crippen molar-refractivity contribution in [2.45, 2.75) is 20.8 Å². The Bertz CT molecular complexity index is 829. The van der Waals surface area contributed by atoms with Crippen molar-refractivity contribution in [2.24, 2.45) is 5.92 Å². The molecule has 6 heteroatoms. The molecule has 6 nitrogen and oxygen atoms in total. The van der Waals surface area contributed by atoms with Crippen molar-refractivity contribution in [3.8, 4) is 5.75 Å². The zero-order valence-corrected chi connectivity index (χ0v) is 16.5. The molecule has 148 valence electrons. The van der Waals surface area contributed by atoms with Crippen LogP contribution in [0, 0.1) is 5.92 Å². The topological polar surface area (TPSA) is 79.5 Å². The van der Waals surface area contributed by atoms with E-state index in [9.17, 15) is 9.59 Å². The van der Waals surface area contributed by atoms with E-state index in [1.807, 2.05) is 45.0 Å². The Morgan fingerprint density at radius 1 is 1.00 bits per heavy atom. The zero-order valence-electron chi connectivity index (χ0n) is 16.5. The maximum Gasteiger partial charge on any atom is 0.243 e. The molecule has 0 aromatic heterocycles. The van der Waals surface area contributed by atoms with Gasteiger partial charge in [-0.15, -0.1) is 0 Å². The first-order valence-corrected chi connectivity index (χ1v) is 9.16. The highest BCUT2D eigenvalue weighted by atomic mass is 16.5. The van der Waals surface area contributed by atoms with Crippen LogP contribution in [0.4, 0.5) is 17.1 Å². The standard InChI is InChI=1S/C22H27N3O3/c1-15(2)14-28-20-8-6-5-7-19(20)23-13-21(26)24-17-9-11-18(12-10-17)25-22(27)16(3)4/h5-12,16,23H,1,13-14H2,2-4H3,(H,24,26)(H,25,27). The summed E-state index contributed by atoms with van der Waals surface area (Å²) >= 11 is 0. The largest absolute Gasteiger partial charge is 0.487 e. The van der Waals surface area contributed by atoms with Crippen LogP contribution < -0.4 is 20.7 Å². The third-order valence-corrected chi connectivity index (χ3v) is 3.76. The number of ether oxygens (including phenoxy) is 1. The maximum absolute atomic E-state index is 12.2. The Hall–Kier alpha value is -3.28. The van der Waals surface area contributed by atoms with Gasteiger partial charge in [0.05, 0.1) is 12.2 Å². The van der Waals surface area contributed by atoms with Gasteiger partial charge in [-0.2, -0.15) is 0 Å². The molecule has 0 unspecified atom stereocenters. The number of para-hydroxylation sites is 2. The fourth-order valence-corrected chi connectivity index (χ4v) is 2.24. The summed E-state index contributed by atoms with van der Waals surface area (Å²) in [6.45, 7) is 9.89.